The van der Waals surface area contributed by atoms with Gasteiger partial charge in [-0.3, -0.25) is 14.9 Å². The first-order valence-electron chi connectivity index (χ1n) is 6.84. The Morgan fingerprint density at radius 2 is 1.92 bits per heavy atom. The van der Waals surface area contributed by atoms with E-state index in [4.69, 9.17) is 4.42 Å². The molecular weight excluding hydrogens is 396 g/mol. The van der Waals surface area contributed by atoms with Crippen molar-refractivity contribution < 1.29 is 14.0 Å². The minimum Gasteiger partial charge on any atom is -0.444 e. The van der Waals surface area contributed by atoms with Crippen molar-refractivity contribution in [1.82, 2.24) is 15.5 Å². The second kappa shape index (κ2) is 7.37. The predicted octanol–water partition coefficient (Wildman–Crippen LogP) is 2.93. The molecule has 0 saturated heterocycles. The van der Waals surface area contributed by atoms with Gasteiger partial charge in [-0.1, -0.05) is 41.7 Å². The molecule has 2 N–H and O–H groups in total. The van der Waals surface area contributed by atoms with Crippen LogP contribution < -0.4 is 10.6 Å². The molecule has 2 amide bonds. The maximum absolute atomic E-state index is 11.9. The number of hydrogen-bond acceptors (Lipinski definition) is 6. The van der Waals surface area contributed by atoms with E-state index in [1.165, 1.54) is 17.4 Å². The summed E-state index contributed by atoms with van der Waals surface area (Å²) in [6.07, 6.45) is 0. The van der Waals surface area contributed by atoms with Crippen LogP contribution in [-0.4, -0.2) is 28.6 Å². The van der Waals surface area contributed by atoms with Gasteiger partial charge in [-0.05, 0) is 28.1 Å². The zero-order valence-corrected chi connectivity index (χ0v) is 14.6. The molecule has 0 aliphatic carbocycles. The summed E-state index contributed by atoms with van der Waals surface area (Å²) in [6, 6.07) is 12.6. The Kier molecular flexibility index (Phi) is 5.02. The Bertz CT molecular complexity index is 862. The van der Waals surface area contributed by atoms with Crippen molar-refractivity contribution in [2.45, 2.75) is 0 Å². The third-order valence-electron chi connectivity index (χ3n) is 2.90. The molecule has 2 aromatic heterocycles. The van der Waals surface area contributed by atoms with Crippen molar-refractivity contribution in [3.63, 3.8) is 0 Å². The summed E-state index contributed by atoms with van der Waals surface area (Å²) < 4.78 is 5.54. The SMILES string of the molecule is O=C(CNC(=O)c1ccc(Br)o1)Nc1nnc(-c2ccccc2)s1. The fourth-order valence-electron chi connectivity index (χ4n) is 1.82. The van der Waals surface area contributed by atoms with E-state index in [-0.39, 0.29) is 12.3 Å². The van der Waals surface area contributed by atoms with E-state index in [1.54, 1.807) is 6.07 Å². The highest BCUT2D eigenvalue weighted by Crippen LogP contribution is 2.25. The van der Waals surface area contributed by atoms with Crippen molar-refractivity contribution >= 4 is 44.2 Å². The van der Waals surface area contributed by atoms with E-state index in [9.17, 15) is 9.59 Å². The molecule has 3 aromatic rings. The maximum Gasteiger partial charge on any atom is 0.287 e. The van der Waals surface area contributed by atoms with Crippen LogP contribution in [0, 0.1) is 0 Å². The lowest BCUT2D eigenvalue weighted by atomic mass is 10.2. The molecule has 122 valence electrons. The number of furan rings is 1. The normalized spacial score (nSPS) is 10.4. The average Bonchev–Trinajstić information content (AvgIpc) is 3.23. The molecule has 1 aromatic carbocycles. The van der Waals surface area contributed by atoms with Gasteiger partial charge in [0.05, 0.1) is 6.54 Å². The number of aromatic nitrogens is 2. The third kappa shape index (κ3) is 4.06. The van der Waals surface area contributed by atoms with Gasteiger partial charge < -0.3 is 9.73 Å². The van der Waals surface area contributed by atoms with Crippen molar-refractivity contribution in [3.8, 4) is 10.6 Å². The van der Waals surface area contributed by atoms with E-state index in [0.29, 0.717) is 14.8 Å². The highest BCUT2D eigenvalue weighted by Gasteiger charge is 2.13. The highest BCUT2D eigenvalue weighted by atomic mass is 79.9. The monoisotopic (exact) mass is 406 g/mol. The summed E-state index contributed by atoms with van der Waals surface area (Å²) >= 11 is 4.36. The van der Waals surface area contributed by atoms with E-state index in [2.05, 4.69) is 36.8 Å². The Morgan fingerprint density at radius 3 is 2.62 bits per heavy atom. The number of nitrogens with one attached hydrogen (secondary N) is 2. The minimum atomic E-state index is -0.474. The standard InChI is InChI=1S/C15H11BrN4O3S/c16-11-7-6-10(23-11)13(22)17-8-12(21)18-15-20-19-14(24-15)9-4-2-1-3-5-9/h1-7H,8H2,(H,17,22)(H,18,20,21). The zero-order chi connectivity index (χ0) is 16.9. The van der Waals surface area contributed by atoms with Crippen LogP contribution in [0.25, 0.3) is 10.6 Å². The third-order valence-corrected chi connectivity index (χ3v) is 4.21. The van der Waals surface area contributed by atoms with Crippen LogP contribution in [-0.2, 0) is 4.79 Å². The molecule has 0 unspecified atom stereocenters. The summed E-state index contributed by atoms with van der Waals surface area (Å²) in [5.41, 5.74) is 0.923. The van der Waals surface area contributed by atoms with Gasteiger partial charge in [0.2, 0.25) is 11.0 Å². The predicted molar refractivity (Wildman–Crippen MR) is 92.7 cm³/mol. The maximum atomic E-state index is 11.9. The molecule has 9 heteroatoms. The molecule has 3 rings (SSSR count). The number of benzene rings is 1. The summed E-state index contributed by atoms with van der Waals surface area (Å²) in [5, 5.41) is 14.1. The van der Waals surface area contributed by atoms with Crippen LogP contribution in [0.2, 0.25) is 0 Å². The smallest absolute Gasteiger partial charge is 0.287 e. The van der Waals surface area contributed by atoms with E-state index >= 15 is 0 Å². The molecular formula is C15H11BrN4O3S. The summed E-state index contributed by atoms with van der Waals surface area (Å²) in [6.45, 7) is -0.197. The molecule has 0 radical (unpaired) electrons. The van der Waals surface area contributed by atoms with E-state index in [0.717, 1.165) is 5.56 Å². The number of amides is 2. The molecule has 0 spiro atoms. The first-order chi connectivity index (χ1) is 11.6. The molecule has 0 saturated carbocycles. The van der Waals surface area contributed by atoms with Crippen molar-refractivity contribution in [2.75, 3.05) is 11.9 Å². The average molecular weight is 407 g/mol. The van der Waals surface area contributed by atoms with Gasteiger partial charge in [0, 0.05) is 5.56 Å². The Balaban J connectivity index is 1.54. The number of nitrogens with zero attached hydrogens (tertiary/aromatic N) is 2. The molecule has 0 bridgehead atoms. The van der Waals surface area contributed by atoms with Crippen LogP contribution >= 0.6 is 27.3 Å². The van der Waals surface area contributed by atoms with Crippen LogP contribution in [0.4, 0.5) is 5.13 Å². The summed E-state index contributed by atoms with van der Waals surface area (Å²) in [4.78, 5) is 23.6. The first kappa shape index (κ1) is 16.3. The van der Waals surface area contributed by atoms with Gasteiger partial charge in [-0.25, -0.2) is 0 Å². The van der Waals surface area contributed by atoms with Gasteiger partial charge in [-0.15, -0.1) is 10.2 Å². The lowest BCUT2D eigenvalue weighted by Crippen LogP contribution is -2.32. The number of rotatable bonds is 5. The number of hydrogen-bond donors (Lipinski definition) is 2. The Hall–Kier alpha value is -2.52. The molecule has 7 nitrogen and oxygen atoms in total. The van der Waals surface area contributed by atoms with Crippen LogP contribution in [0.1, 0.15) is 10.6 Å². The fourth-order valence-corrected chi connectivity index (χ4v) is 2.89. The number of carbonyl (C=O) groups is 2. The molecule has 0 atom stereocenters. The molecule has 0 fully saturated rings. The van der Waals surface area contributed by atoms with Crippen molar-refractivity contribution in [1.29, 1.82) is 0 Å². The number of anilines is 1. The molecule has 0 aliphatic heterocycles. The molecule has 24 heavy (non-hydrogen) atoms. The van der Waals surface area contributed by atoms with Gasteiger partial charge >= 0.3 is 0 Å². The Labute approximate surface area is 149 Å². The van der Waals surface area contributed by atoms with Gasteiger partial charge in [0.15, 0.2) is 10.4 Å². The lowest BCUT2D eigenvalue weighted by molar-refractivity contribution is -0.115. The minimum absolute atomic E-state index is 0.122. The topological polar surface area (TPSA) is 97.1 Å². The largest absolute Gasteiger partial charge is 0.444 e. The van der Waals surface area contributed by atoms with Gasteiger partial charge in [0.25, 0.3) is 5.91 Å². The fraction of sp³-hybridized carbons (Fsp3) is 0.0667. The number of carbonyl (C=O) groups excluding carboxylic acids is 2. The van der Waals surface area contributed by atoms with E-state index < -0.39 is 11.8 Å². The van der Waals surface area contributed by atoms with Crippen LogP contribution in [0.5, 0.6) is 0 Å². The van der Waals surface area contributed by atoms with Gasteiger partial charge in [-0.2, -0.15) is 0 Å². The molecule has 2 heterocycles. The lowest BCUT2D eigenvalue weighted by Gasteiger charge is -2.02. The quantitative estimate of drug-likeness (QED) is 0.678. The first-order valence-corrected chi connectivity index (χ1v) is 8.45. The second-order valence-corrected chi connectivity index (χ2v) is 6.37. The van der Waals surface area contributed by atoms with Crippen LogP contribution in [0.3, 0.4) is 0 Å². The van der Waals surface area contributed by atoms with Crippen LogP contribution in [0.15, 0.2) is 51.6 Å². The zero-order valence-electron chi connectivity index (χ0n) is 12.2. The summed E-state index contributed by atoms with van der Waals surface area (Å²) in [5.74, 6) is -0.750. The van der Waals surface area contributed by atoms with E-state index in [1.807, 2.05) is 30.3 Å². The number of halogens is 1. The van der Waals surface area contributed by atoms with Crippen molar-refractivity contribution in [2.24, 2.45) is 0 Å². The van der Waals surface area contributed by atoms with Gasteiger partial charge in [0.1, 0.15) is 5.01 Å². The van der Waals surface area contributed by atoms with Crippen molar-refractivity contribution in [3.05, 3.63) is 52.9 Å². The summed E-state index contributed by atoms with van der Waals surface area (Å²) in [7, 11) is 0. The Morgan fingerprint density at radius 1 is 1.12 bits per heavy atom. The highest BCUT2D eigenvalue weighted by molar-refractivity contribution is 9.10. The molecule has 0 aliphatic rings. The second-order valence-electron chi connectivity index (χ2n) is 4.61.